The highest BCUT2D eigenvalue weighted by Gasteiger charge is 2.44. The molecule has 2 aromatic heterocycles. The van der Waals surface area contributed by atoms with Crippen LogP contribution >= 0.6 is 11.3 Å². The van der Waals surface area contributed by atoms with Gasteiger partial charge in [-0.05, 0) is 29.9 Å². The fourth-order valence-electron chi connectivity index (χ4n) is 2.97. The number of amides is 1. The zero-order valence-corrected chi connectivity index (χ0v) is 14.3. The van der Waals surface area contributed by atoms with Gasteiger partial charge in [0, 0.05) is 12.0 Å². The second kappa shape index (κ2) is 6.33. The lowest BCUT2D eigenvalue weighted by atomic mass is 9.96. The monoisotopic (exact) mass is 355 g/mol. The van der Waals surface area contributed by atoms with Crippen LogP contribution < -0.4 is 11.1 Å². The number of carbonyl (C=O) groups is 1. The third-order valence-corrected chi connectivity index (χ3v) is 5.46. The third-order valence-electron chi connectivity index (χ3n) is 4.59. The summed E-state index contributed by atoms with van der Waals surface area (Å²) in [4.78, 5) is 25.0. The van der Waals surface area contributed by atoms with Gasteiger partial charge in [-0.15, -0.1) is 11.3 Å². The highest BCUT2D eigenvalue weighted by atomic mass is 32.1. The quantitative estimate of drug-likeness (QED) is 0.737. The average molecular weight is 355 g/mol. The summed E-state index contributed by atoms with van der Waals surface area (Å²) in [5, 5.41) is 8.63. The first-order valence-electron chi connectivity index (χ1n) is 8.11. The fraction of sp³-hybridized carbons (Fsp3) is 0.278. The number of nitrogens with zero attached hydrogens (tertiary/aromatic N) is 2. The smallest absolute Gasteiger partial charge is 0.354 e. The van der Waals surface area contributed by atoms with Gasteiger partial charge in [-0.3, -0.25) is 9.32 Å². The number of nitrogens with one attached hydrogen (secondary N) is 1. The molecule has 1 fully saturated rings. The molecule has 25 heavy (non-hydrogen) atoms. The second-order valence-corrected chi connectivity index (χ2v) is 7.21. The Kier molecular flexibility index (Phi) is 4.01. The van der Waals surface area contributed by atoms with E-state index in [-0.39, 0.29) is 17.9 Å². The van der Waals surface area contributed by atoms with Gasteiger partial charge in [-0.2, -0.15) is 0 Å². The Bertz CT molecular complexity index is 924. The molecule has 3 aromatic rings. The Labute approximate surface area is 148 Å². The van der Waals surface area contributed by atoms with Crippen molar-refractivity contribution in [2.24, 2.45) is 0 Å². The van der Waals surface area contributed by atoms with Crippen molar-refractivity contribution in [2.45, 2.75) is 24.8 Å². The molecule has 0 spiro atoms. The van der Waals surface area contributed by atoms with Gasteiger partial charge in [0.25, 0.3) is 0 Å². The van der Waals surface area contributed by atoms with Gasteiger partial charge in [0.2, 0.25) is 5.91 Å². The molecule has 1 aliphatic rings. The molecule has 128 valence electrons. The van der Waals surface area contributed by atoms with Gasteiger partial charge in [0.1, 0.15) is 6.54 Å². The molecule has 0 atom stereocenters. The van der Waals surface area contributed by atoms with Crippen LogP contribution in [0.3, 0.4) is 0 Å². The van der Waals surface area contributed by atoms with Crippen LogP contribution in [0.15, 0.2) is 57.2 Å². The van der Waals surface area contributed by atoms with E-state index in [1.165, 1.54) is 21.5 Å². The first kappa shape index (κ1) is 15.8. The molecule has 2 heterocycles. The van der Waals surface area contributed by atoms with Crippen LogP contribution in [0.25, 0.3) is 10.7 Å². The Morgan fingerprint density at radius 3 is 2.72 bits per heavy atom. The summed E-state index contributed by atoms with van der Waals surface area (Å²) in [5.74, 6) is -0.451. The number of aromatic nitrogens is 2. The topological polar surface area (TPSA) is 77.1 Å². The minimum atomic E-state index is -0.622. The van der Waals surface area contributed by atoms with Crippen molar-refractivity contribution in [1.29, 1.82) is 0 Å². The Morgan fingerprint density at radius 1 is 1.24 bits per heavy atom. The molecule has 0 bridgehead atoms. The van der Waals surface area contributed by atoms with Crippen molar-refractivity contribution in [2.75, 3.05) is 6.54 Å². The minimum Gasteiger partial charge on any atom is -0.354 e. The van der Waals surface area contributed by atoms with Crippen LogP contribution in [0.4, 0.5) is 0 Å². The van der Waals surface area contributed by atoms with Gasteiger partial charge >= 0.3 is 5.76 Å². The summed E-state index contributed by atoms with van der Waals surface area (Å²) in [6.45, 7) is 0.477. The number of hydrogen-bond acceptors (Lipinski definition) is 5. The molecular formula is C18H17N3O3S. The Balaban J connectivity index is 1.44. The van der Waals surface area contributed by atoms with Gasteiger partial charge in [-0.25, -0.2) is 9.36 Å². The van der Waals surface area contributed by atoms with E-state index >= 15 is 0 Å². The van der Waals surface area contributed by atoms with Gasteiger partial charge in [0.05, 0.1) is 4.88 Å². The molecule has 7 heteroatoms. The van der Waals surface area contributed by atoms with Crippen molar-refractivity contribution in [3.05, 3.63) is 64.0 Å². The molecular weight excluding hydrogens is 338 g/mol. The van der Waals surface area contributed by atoms with E-state index in [1.54, 1.807) is 0 Å². The van der Waals surface area contributed by atoms with E-state index in [9.17, 15) is 9.59 Å². The van der Waals surface area contributed by atoms with Crippen molar-refractivity contribution >= 4 is 17.2 Å². The van der Waals surface area contributed by atoms with E-state index in [0.29, 0.717) is 12.4 Å². The van der Waals surface area contributed by atoms with E-state index in [2.05, 4.69) is 22.6 Å². The standard InChI is InChI=1S/C18H17N3O3S/c22-15(19-12-18(8-9-18)13-5-2-1-3-6-13)11-21-16(20-24-17(21)23)14-7-4-10-25-14/h1-7,10H,8-9,11-12H2,(H,19,22). The highest BCUT2D eigenvalue weighted by Crippen LogP contribution is 2.47. The van der Waals surface area contributed by atoms with Crippen LogP contribution in [-0.2, 0) is 16.8 Å². The van der Waals surface area contributed by atoms with Crippen LogP contribution in [0.5, 0.6) is 0 Å². The van der Waals surface area contributed by atoms with E-state index < -0.39 is 5.76 Å². The van der Waals surface area contributed by atoms with E-state index in [4.69, 9.17) is 4.52 Å². The number of carbonyl (C=O) groups excluding carboxylic acids is 1. The van der Waals surface area contributed by atoms with Crippen LogP contribution in [0.1, 0.15) is 18.4 Å². The minimum absolute atomic E-state index is 0.0348. The maximum Gasteiger partial charge on any atom is 0.442 e. The first-order chi connectivity index (χ1) is 12.2. The summed E-state index contributed by atoms with van der Waals surface area (Å²) in [6.07, 6.45) is 2.12. The predicted octanol–water partition coefficient (Wildman–Crippen LogP) is 2.41. The zero-order chi connectivity index (χ0) is 17.3. The van der Waals surface area contributed by atoms with Gasteiger partial charge in [0.15, 0.2) is 5.82 Å². The number of thiophene rings is 1. The van der Waals surface area contributed by atoms with Gasteiger partial charge < -0.3 is 5.32 Å². The van der Waals surface area contributed by atoms with Crippen LogP contribution in [-0.4, -0.2) is 22.2 Å². The maximum atomic E-state index is 12.4. The SMILES string of the molecule is O=C(Cn1c(-c2cccs2)noc1=O)NCC1(c2ccccc2)CC1. The molecule has 1 saturated carbocycles. The second-order valence-electron chi connectivity index (χ2n) is 6.26. The highest BCUT2D eigenvalue weighted by molar-refractivity contribution is 7.13. The molecule has 1 N–H and O–H groups in total. The predicted molar refractivity (Wildman–Crippen MR) is 94.4 cm³/mol. The van der Waals surface area contributed by atoms with Crippen LogP contribution in [0, 0.1) is 0 Å². The van der Waals surface area contributed by atoms with Gasteiger partial charge in [-0.1, -0.05) is 41.6 Å². The zero-order valence-electron chi connectivity index (χ0n) is 13.5. The largest absolute Gasteiger partial charge is 0.442 e. The molecule has 6 nitrogen and oxygen atoms in total. The number of hydrogen-bond donors (Lipinski definition) is 1. The first-order valence-corrected chi connectivity index (χ1v) is 8.99. The molecule has 0 radical (unpaired) electrons. The van der Waals surface area contributed by atoms with Crippen molar-refractivity contribution in [1.82, 2.24) is 15.0 Å². The lowest BCUT2D eigenvalue weighted by molar-refractivity contribution is -0.121. The molecule has 4 rings (SSSR count). The summed E-state index contributed by atoms with van der Waals surface area (Å²) in [5.41, 5.74) is 1.28. The molecule has 1 amide bonds. The third kappa shape index (κ3) is 3.15. The molecule has 1 aliphatic carbocycles. The number of rotatable bonds is 6. The van der Waals surface area contributed by atoms with Crippen molar-refractivity contribution in [3.8, 4) is 10.7 Å². The molecule has 1 aromatic carbocycles. The Hall–Kier alpha value is -2.67. The maximum absolute atomic E-state index is 12.4. The molecule has 0 saturated heterocycles. The lowest BCUT2D eigenvalue weighted by Crippen LogP contribution is -2.36. The molecule has 0 aliphatic heterocycles. The normalized spacial score (nSPS) is 15.0. The summed E-state index contributed by atoms with van der Waals surface area (Å²) < 4.78 is 6.00. The van der Waals surface area contributed by atoms with Crippen LogP contribution in [0.2, 0.25) is 0 Å². The number of benzene rings is 1. The summed E-state index contributed by atoms with van der Waals surface area (Å²) >= 11 is 1.44. The molecule has 0 unspecified atom stereocenters. The summed E-state index contributed by atoms with van der Waals surface area (Å²) in [6, 6.07) is 13.9. The lowest BCUT2D eigenvalue weighted by Gasteiger charge is -2.16. The summed E-state index contributed by atoms with van der Waals surface area (Å²) in [7, 11) is 0. The average Bonchev–Trinajstić information content (AvgIpc) is 3.07. The van der Waals surface area contributed by atoms with E-state index in [0.717, 1.165) is 17.7 Å². The fourth-order valence-corrected chi connectivity index (χ4v) is 3.68. The van der Waals surface area contributed by atoms with E-state index in [1.807, 2.05) is 35.7 Å². The van der Waals surface area contributed by atoms with Crippen molar-refractivity contribution in [3.63, 3.8) is 0 Å². The van der Waals surface area contributed by atoms with Crippen molar-refractivity contribution < 1.29 is 9.32 Å². The Morgan fingerprint density at radius 2 is 2.04 bits per heavy atom.